The molecule has 1 saturated carbocycles. The molecule has 3 rings (SSSR count). The predicted octanol–water partition coefficient (Wildman–Crippen LogP) is 5.40. The van der Waals surface area contributed by atoms with Crippen LogP contribution in [0.15, 0.2) is 51.4 Å². The second-order valence-electron chi connectivity index (χ2n) is 5.25. The molecule has 0 saturated heterocycles. The van der Waals surface area contributed by atoms with E-state index in [9.17, 15) is 4.79 Å². The summed E-state index contributed by atoms with van der Waals surface area (Å²) in [5.41, 5.74) is 1.29. The Hall–Kier alpha value is -1.33. The fourth-order valence-electron chi connectivity index (χ4n) is 2.21. The van der Waals surface area contributed by atoms with Gasteiger partial charge in [0.05, 0.1) is 17.4 Å². The molecule has 1 aliphatic carbocycles. The zero-order valence-corrected chi connectivity index (χ0v) is 15.0. The van der Waals surface area contributed by atoms with Crippen molar-refractivity contribution in [1.29, 1.82) is 0 Å². The number of ether oxygens (including phenoxy) is 1. The molecule has 0 aromatic heterocycles. The molecule has 1 aliphatic rings. The van der Waals surface area contributed by atoms with Gasteiger partial charge in [-0.2, -0.15) is 0 Å². The van der Waals surface area contributed by atoms with Gasteiger partial charge in [-0.1, -0.05) is 28.1 Å². The van der Waals surface area contributed by atoms with Crippen molar-refractivity contribution in [3.8, 4) is 5.75 Å². The van der Waals surface area contributed by atoms with E-state index in [0.717, 1.165) is 27.5 Å². The normalized spacial score (nSPS) is 14.3. The summed E-state index contributed by atoms with van der Waals surface area (Å²) in [6.07, 6.45) is 3.57. The lowest BCUT2D eigenvalue weighted by Crippen LogP contribution is -2.26. The summed E-state index contributed by atoms with van der Waals surface area (Å²) in [6, 6.07) is 13.0. The first-order valence-corrected chi connectivity index (χ1v) is 8.74. The Bertz CT molecular complexity index is 699. The summed E-state index contributed by atoms with van der Waals surface area (Å²) in [7, 11) is 0. The molecule has 0 bridgehead atoms. The highest BCUT2D eigenvalue weighted by Gasteiger charge is 2.22. The number of para-hydroxylation sites is 1. The lowest BCUT2D eigenvalue weighted by atomic mass is 9.96. The van der Waals surface area contributed by atoms with Crippen molar-refractivity contribution in [3.63, 3.8) is 0 Å². The summed E-state index contributed by atoms with van der Waals surface area (Å²) in [5, 5.41) is 2.92. The molecule has 1 N–H and O–H groups in total. The Labute approximate surface area is 146 Å². The standard InChI is InChI=1S/C17H15Br2NO2/c18-11-8-9-15(14(19)10-11)20-17(21)13-6-1-2-7-16(13)22-12-4-3-5-12/h1-2,6-10,12H,3-5H2,(H,20,21). The number of carbonyl (C=O) groups excluding carboxylic acids is 1. The van der Waals surface area contributed by atoms with Crippen molar-refractivity contribution in [3.05, 3.63) is 57.0 Å². The van der Waals surface area contributed by atoms with E-state index < -0.39 is 0 Å². The van der Waals surface area contributed by atoms with Crippen LogP contribution >= 0.6 is 31.9 Å². The van der Waals surface area contributed by atoms with Crippen molar-refractivity contribution in [1.82, 2.24) is 0 Å². The largest absolute Gasteiger partial charge is 0.490 e. The fraction of sp³-hybridized carbons (Fsp3) is 0.235. The van der Waals surface area contributed by atoms with Crippen LogP contribution in [0.2, 0.25) is 0 Å². The number of hydrogen-bond donors (Lipinski definition) is 1. The molecule has 22 heavy (non-hydrogen) atoms. The average Bonchev–Trinajstić information content (AvgIpc) is 2.46. The van der Waals surface area contributed by atoms with Crippen LogP contribution in [0.5, 0.6) is 5.75 Å². The zero-order chi connectivity index (χ0) is 15.5. The monoisotopic (exact) mass is 423 g/mol. The molecule has 1 amide bonds. The molecule has 0 spiro atoms. The van der Waals surface area contributed by atoms with Gasteiger partial charge < -0.3 is 10.1 Å². The Morgan fingerprint density at radius 2 is 1.91 bits per heavy atom. The minimum Gasteiger partial charge on any atom is -0.490 e. The zero-order valence-electron chi connectivity index (χ0n) is 11.8. The van der Waals surface area contributed by atoms with Gasteiger partial charge in [0.25, 0.3) is 5.91 Å². The van der Waals surface area contributed by atoms with Gasteiger partial charge in [0.15, 0.2) is 0 Å². The van der Waals surface area contributed by atoms with Crippen molar-refractivity contribution in [2.75, 3.05) is 5.32 Å². The highest BCUT2D eigenvalue weighted by molar-refractivity contribution is 9.11. The van der Waals surface area contributed by atoms with Crippen molar-refractivity contribution < 1.29 is 9.53 Å². The van der Waals surface area contributed by atoms with Crippen molar-refractivity contribution >= 4 is 43.5 Å². The quantitative estimate of drug-likeness (QED) is 0.713. The maximum absolute atomic E-state index is 12.5. The molecule has 3 nitrogen and oxygen atoms in total. The van der Waals surface area contributed by atoms with Crippen molar-refractivity contribution in [2.45, 2.75) is 25.4 Å². The van der Waals surface area contributed by atoms with Crippen LogP contribution < -0.4 is 10.1 Å². The maximum Gasteiger partial charge on any atom is 0.259 e. The van der Waals surface area contributed by atoms with Crippen molar-refractivity contribution in [2.24, 2.45) is 0 Å². The minimum atomic E-state index is -0.169. The number of rotatable bonds is 4. The second-order valence-corrected chi connectivity index (χ2v) is 7.02. The van der Waals surface area contributed by atoms with E-state index in [0.29, 0.717) is 11.3 Å². The van der Waals surface area contributed by atoms with Gasteiger partial charge in [-0.05, 0) is 65.5 Å². The van der Waals surface area contributed by atoms with E-state index in [-0.39, 0.29) is 12.0 Å². The van der Waals surface area contributed by atoms with Gasteiger partial charge in [-0.15, -0.1) is 0 Å². The lowest BCUT2D eigenvalue weighted by molar-refractivity contribution is 0.0992. The summed E-state index contributed by atoms with van der Waals surface area (Å²) in [6.45, 7) is 0. The Kier molecular flexibility index (Phi) is 4.84. The SMILES string of the molecule is O=C(Nc1ccc(Br)cc1Br)c1ccccc1OC1CCC1. The summed E-state index contributed by atoms with van der Waals surface area (Å²) in [4.78, 5) is 12.5. The molecule has 2 aromatic rings. The van der Waals surface area contributed by atoms with Gasteiger partial charge >= 0.3 is 0 Å². The molecular formula is C17H15Br2NO2. The number of anilines is 1. The van der Waals surface area contributed by atoms with Crippen LogP contribution in [0, 0.1) is 0 Å². The maximum atomic E-state index is 12.5. The molecular weight excluding hydrogens is 410 g/mol. The van der Waals surface area contributed by atoms with E-state index in [1.807, 2.05) is 36.4 Å². The number of carbonyl (C=O) groups is 1. The number of hydrogen-bond acceptors (Lipinski definition) is 2. The van der Waals surface area contributed by atoms with Crippen LogP contribution in [0.1, 0.15) is 29.6 Å². The highest BCUT2D eigenvalue weighted by atomic mass is 79.9. The molecule has 1 fully saturated rings. The van der Waals surface area contributed by atoms with E-state index in [4.69, 9.17) is 4.74 Å². The third-order valence-corrected chi connectivity index (χ3v) is 4.81. The third kappa shape index (κ3) is 3.52. The highest BCUT2D eigenvalue weighted by Crippen LogP contribution is 2.30. The minimum absolute atomic E-state index is 0.169. The van der Waals surface area contributed by atoms with Gasteiger partial charge in [0.2, 0.25) is 0 Å². The number of halogens is 2. The first kappa shape index (κ1) is 15.6. The third-order valence-electron chi connectivity index (χ3n) is 3.66. The number of amides is 1. The predicted molar refractivity (Wildman–Crippen MR) is 94.5 cm³/mol. The molecule has 0 unspecified atom stereocenters. The van der Waals surface area contributed by atoms with Crippen LogP contribution in [0.4, 0.5) is 5.69 Å². The van der Waals surface area contributed by atoms with Gasteiger partial charge in [-0.25, -0.2) is 0 Å². The Morgan fingerprint density at radius 1 is 1.14 bits per heavy atom. The number of benzene rings is 2. The second kappa shape index (κ2) is 6.84. The van der Waals surface area contributed by atoms with E-state index in [1.54, 1.807) is 6.07 Å². The average molecular weight is 425 g/mol. The Balaban J connectivity index is 1.79. The van der Waals surface area contributed by atoms with Gasteiger partial charge in [0.1, 0.15) is 5.75 Å². The summed E-state index contributed by atoms with van der Waals surface area (Å²) < 4.78 is 7.69. The lowest BCUT2D eigenvalue weighted by Gasteiger charge is -2.27. The summed E-state index contributed by atoms with van der Waals surface area (Å²) >= 11 is 6.85. The van der Waals surface area contributed by atoms with Crippen LogP contribution in [-0.4, -0.2) is 12.0 Å². The fourth-order valence-corrected chi connectivity index (χ4v) is 3.35. The Morgan fingerprint density at radius 3 is 2.59 bits per heavy atom. The van der Waals surface area contributed by atoms with Gasteiger partial charge in [-0.3, -0.25) is 4.79 Å². The van der Waals surface area contributed by atoms with E-state index >= 15 is 0 Å². The molecule has 0 radical (unpaired) electrons. The molecule has 0 aliphatic heterocycles. The first-order chi connectivity index (χ1) is 10.6. The molecule has 0 atom stereocenters. The van der Waals surface area contributed by atoms with Gasteiger partial charge in [0, 0.05) is 8.95 Å². The molecule has 0 heterocycles. The smallest absolute Gasteiger partial charge is 0.259 e. The van der Waals surface area contributed by atoms with E-state index in [1.165, 1.54) is 6.42 Å². The number of nitrogens with one attached hydrogen (secondary N) is 1. The van der Waals surface area contributed by atoms with Crippen LogP contribution in [-0.2, 0) is 0 Å². The van der Waals surface area contributed by atoms with Crippen LogP contribution in [0.25, 0.3) is 0 Å². The first-order valence-electron chi connectivity index (χ1n) is 7.15. The molecule has 5 heteroatoms. The molecule has 2 aromatic carbocycles. The summed E-state index contributed by atoms with van der Waals surface area (Å²) in [5.74, 6) is 0.482. The topological polar surface area (TPSA) is 38.3 Å². The van der Waals surface area contributed by atoms with E-state index in [2.05, 4.69) is 37.2 Å². The van der Waals surface area contributed by atoms with Crippen LogP contribution in [0.3, 0.4) is 0 Å². The molecule has 114 valence electrons.